The van der Waals surface area contributed by atoms with E-state index in [1.54, 1.807) is 17.0 Å². The summed E-state index contributed by atoms with van der Waals surface area (Å²) in [6.07, 6.45) is 1.69. The monoisotopic (exact) mass is 336 g/mol. The van der Waals surface area contributed by atoms with Crippen LogP contribution in [0.5, 0.6) is 0 Å². The maximum Gasteiger partial charge on any atom is 0.216 e. The molecule has 0 bridgehead atoms. The van der Waals surface area contributed by atoms with Crippen molar-refractivity contribution in [1.82, 2.24) is 19.4 Å². The molecular formula is C17H16N6S. The van der Waals surface area contributed by atoms with E-state index in [-0.39, 0.29) is 0 Å². The maximum atomic E-state index is 9.12. The Morgan fingerprint density at radius 2 is 2.00 bits per heavy atom. The number of aromatic nitrogens is 4. The smallest absolute Gasteiger partial charge is 0.216 e. The van der Waals surface area contributed by atoms with Gasteiger partial charge in [-0.15, -0.1) is 0 Å². The molecule has 3 rings (SSSR count). The van der Waals surface area contributed by atoms with E-state index in [1.807, 2.05) is 49.7 Å². The third-order valence-corrected chi connectivity index (χ3v) is 4.23. The molecule has 3 aromatic rings. The summed E-state index contributed by atoms with van der Waals surface area (Å²) in [5.41, 5.74) is 4.51. The first-order chi connectivity index (χ1) is 11.5. The molecule has 0 spiro atoms. The summed E-state index contributed by atoms with van der Waals surface area (Å²) in [6.45, 7) is 3.97. The minimum absolute atomic E-state index is 0.413. The van der Waals surface area contributed by atoms with Crippen molar-refractivity contribution >= 4 is 18.4 Å². The largest absolute Gasteiger partial charge is 0.339 e. The van der Waals surface area contributed by atoms with Crippen LogP contribution in [0.1, 0.15) is 22.5 Å². The Kier molecular flexibility index (Phi) is 4.15. The van der Waals surface area contributed by atoms with Gasteiger partial charge in [0, 0.05) is 23.9 Å². The molecule has 7 heteroatoms. The Hall–Kier alpha value is -2.98. The molecular weight excluding hydrogens is 320 g/mol. The highest BCUT2D eigenvalue weighted by atomic mass is 32.1. The van der Waals surface area contributed by atoms with E-state index in [9.17, 15) is 0 Å². The van der Waals surface area contributed by atoms with Crippen LogP contribution in [-0.4, -0.2) is 25.7 Å². The quantitative estimate of drug-likeness (QED) is 0.589. The molecule has 0 saturated heterocycles. The molecule has 6 nitrogen and oxygen atoms in total. The Morgan fingerprint density at radius 3 is 2.62 bits per heavy atom. The molecule has 2 heterocycles. The van der Waals surface area contributed by atoms with Gasteiger partial charge >= 0.3 is 0 Å². The fourth-order valence-corrected chi connectivity index (χ4v) is 2.55. The van der Waals surface area contributed by atoms with Gasteiger partial charge in [0.2, 0.25) is 4.77 Å². The van der Waals surface area contributed by atoms with Gasteiger partial charge < -0.3 is 4.57 Å². The lowest BCUT2D eigenvalue weighted by Gasteiger charge is -2.02. The average molecular weight is 336 g/mol. The van der Waals surface area contributed by atoms with E-state index in [0.29, 0.717) is 16.3 Å². The molecule has 0 aliphatic carbocycles. The van der Waals surface area contributed by atoms with Gasteiger partial charge in [-0.3, -0.25) is 0 Å². The van der Waals surface area contributed by atoms with Crippen LogP contribution in [0.3, 0.4) is 0 Å². The van der Waals surface area contributed by atoms with Gasteiger partial charge in [-0.1, -0.05) is 29.8 Å². The van der Waals surface area contributed by atoms with E-state index in [4.69, 9.17) is 17.5 Å². The van der Waals surface area contributed by atoms with Gasteiger partial charge in [0.05, 0.1) is 6.21 Å². The van der Waals surface area contributed by atoms with Crippen molar-refractivity contribution in [2.24, 2.45) is 12.1 Å². The molecule has 0 fully saturated rings. The van der Waals surface area contributed by atoms with Gasteiger partial charge in [-0.2, -0.15) is 20.1 Å². The number of nitrogens with zero attached hydrogens (tertiary/aromatic N) is 5. The third-order valence-electron chi connectivity index (χ3n) is 3.96. The van der Waals surface area contributed by atoms with E-state index in [0.717, 1.165) is 16.8 Å². The normalized spacial score (nSPS) is 11.1. The molecule has 120 valence electrons. The lowest BCUT2D eigenvalue weighted by atomic mass is 10.1. The first kappa shape index (κ1) is 15.9. The predicted octanol–water partition coefficient (Wildman–Crippen LogP) is 3.32. The molecule has 0 amide bonds. The second-order valence-corrected chi connectivity index (χ2v) is 5.90. The summed E-state index contributed by atoms with van der Waals surface area (Å²) in [4.78, 5) is 0. The summed E-state index contributed by atoms with van der Waals surface area (Å²) in [5, 5.41) is 20.6. The molecule has 0 saturated carbocycles. The topological polar surface area (TPSA) is 74.7 Å². The van der Waals surface area contributed by atoms with Crippen molar-refractivity contribution in [1.29, 1.82) is 5.26 Å². The summed E-state index contributed by atoms with van der Waals surface area (Å²) in [6, 6.07) is 11.9. The number of hydrogen-bond acceptors (Lipinski definition) is 4. The highest BCUT2D eigenvalue weighted by Gasteiger charge is 2.09. The SMILES string of the molecule is Cc1ccc(-c2n[nH]c(=S)n2/N=C\c2cc(C#N)n(C)c2C)cc1. The zero-order valence-electron chi connectivity index (χ0n) is 13.6. The zero-order chi connectivity index (χ0) is 17.3. The molecule has 0 unspecified atom stereocenters. The van der Waals surface area contributed by atoms with Crippen LogP contribution in [0.25, 0.3) is 11.4 Å². The number of benzene rings is 1. The number of nitrogens with one attached hydrogen (secondary N) is 1. The van der Waals surface area contributed by atoms with Crippen molar-refractivity contribution in [2.75, 3.05) is 0 Å². The number of nitriles is 1. The summed E-state index contributed by atoms with van der Waals surface area (Å²) in [7, 11) is 1.85. The van der Waals surface area contributed by atoms with Crippen LogP contribution in [-0.2, 0) is 7.05 Å². The third kappa shape index (κ3) is 2.79. The summed E-state index contributed by atoms with van der Waals surface area (Å²) in [5.74, 6) is 0.644. The van der Waals surface area contributed by atoms with E-state index in [2.05, 4.69) is 21.4 Å². The van der Waals surface area contributed by atoms with Crippen molar-refractivity contribution in [3.05, 3.63) is 57.6 Å². The molecule has 0 atom stereocenters. The number of hydrogen-bond donors (Lipinski definition) is 1. The van der Waals surface area contributed by atoms with Gasteiger partial charge in [-0.25, -0.2) is 5.10 Å². The van der Waals surface area contributed by atoms with E-state index >= 15 is 0 Å². The molecule has 2 aromatic heterocycles. The van der Waals surface area contributed by atoms with Gasteiger partial charge in [0.15, 0.2) is 5.82 Å². The Labute approximate surface area is 144 Å². The number of rotatable bonds is 3. The highest BCUT2D eigenvalue weighted by Crippen LogP contribution is 2.18. The second-order valence-electron chi connectivity index (χ2n) is 5.52. The Balaban J connectivity index is 2.02. The van der Waals surface area contributed by atoms with Crippen LogP contribution in [0.15, 0.2) is 35.4 Å². The molecule has 0 aliphatic heterocycles. The number of H-pyrrole nitrogens is 1. The van der Waals surface area contributed by atoms with E-state index in [1.165, 1.54) is 5.56 Å². The lowest BCUT2D eigenvalue weighted by Crippen LogP contribution is -1.97. The lowest BCUT2D eigenvalue weighted by molar-refractivity contribution is 0.860. The van der Waals surface area contributed by atoms with Gasteiger partial charge in [0.25, 0.3) is 0 Å². The molecule has 0 aliphatic rings. The highest BCUT2D eigenvalue weighted by molar-refractivity contribution is 7.71. The predicted molar refractivity (Wildman–Crippen MR) is 95.4 cm³/mol. The fourth-order valence-electron chi connectivity index (χ4n) is 2.37. The van der Waals surface area contributed by atoms with Crippen molar-refractivity contribution in [3.8, 4) is 17.5 Å². The first-order valence-corrected chi connectivity index (χ1v) is 7.77. The first-order valence-electron chi connectivity index (χ1n) is 7.36. The molecule has 0 radical (unpaired) electrons. The molecule has 24 heavy (non-hydrogen) atoms. The van der Waals surface area contributed by atoms with Crippen LogP contribution < -0.4 is 0 Å². The summed E-state index contributed by atoms with van der Waals surface area (Å²) < 4.78 is 3.82. The maximum absolute atomic E-state index is 9.12. The standard InChI is InChI=1S/C17H16N6S/c1-11-4-6-13(7-5-11)16-20-21-17(24)23(16)19-10-14-8-15(9-18)22(3)12(14)2/h4-8,10H,1-3H3,(H,21,24)/b19-10-. The van der Waals surface area contributed by atoms with Crippen molar-refractivity contribution in [2.45, 2.75) is 13.8 Å². The number of aromatic amines is 1. The number of aryl methyl sites for hydroxylation is 1. The Bertz CT molecular complexity index is 1010. The Morgan fingerprint density at radius 1 is 1.29 bits per heavy atom. The zero-order valence-corrected chi connectivity index (χ0v) is 14.4. The van der Waals surface area contributed by atoms with Crippen LogP contribution in [0, 0.1) is 29.9 Å². The van der Waals surface area contributed by atoms with Crippen molar-refractivity contribution < 1.29 is 0 Å². The minimum Gasteiger partial charge on any atom is -0.339 e. The minimum atomic E-state index is 0.413. The van der Waals surface area contributed by atoms with Crippen molar-refractivity contribution in [3.63, 3.8) is 0 Å². The van der Waals surface area contributed by atoms with Crippen LogP contribution in [0.2, 0.25) is 0 Å². The molecule has 1 N–H and O–H groups in total. The summed E-state index contributed by atoms with van der Waals surface area (Å²) >= 11 is 5.27. The average Bonchev–Trinajstić information content (AvgIpc) is 3.08. The van der Waals surface area contributed by atoms with E-state index < -0.39 is 0 Å². The molecule has 1 aromatic carbocycles. The van der Waals surface area contributed by atoms with Gasteiger partial charge in [-0.05, 0) is 32.1 Å². The fraction of sp³-hybridized carbons (Fsp3) is 0.176. The van der Waals surface area contributed by atoms with Crippen LogP contribution >= 0.6 is 12.2 Å². The van der Waals surface area contributed by atoms with Gasteiger partial charge in [0.1, 0.15) is 11.8 Å². The second kappa shape index (κ2) is 6.26. The van der Waals surface area contributed by atoms with Crippen LogP contribution in [0.4, 0.5) is 0 Å².